The molecule has 2 aromatic carbocycles. The van der Waals surface area contributed by atoms with Gasteiger partial charge in [-0.2, -0.15) is 0 Å². The Kier molecular flexibility index (Phi) is 5.17. The topological polar surface area (TPSA) is 75.1 Å². The Morgan fingerprint density at radius 1 is 1.11 bits per heavy atom. The van der Waals surface area contributed by atoms with E-state index >= 15 is 0 Å². The number of hydrogen-bond donors (Lipinski definition) is 2. The van der Waals surface area contributed by atoms with Crippen LogP contribution in [0.25, 0.3) is 11.3 Å². The van der Waals surface area contributed by atoms with Crippen molar-refractivity contribution in [3.8, 4) is 11.3 Å². The van der Waals surface area contributed by atoms with Gasteiger partial charge in [0.15, 0.2) is 5.82 Å². The molecular weight excluding hydrogens is 350 g/mol. The van der Waals surface area contributed by atoms with Crippen molar-refractivity contribution in [1.29, 1.82) is 0 Å². The van der Waals surface area contributed by atoms with E-state index in [4.69, 9.17) is 9.97 Å². The van der Waals surface area contributed by atoms with Crippen molar-refractivity contribution in [3.63, 3.8) is 0 Å². The number of nitrogens with one attached hydrogen (secondary N) is 1. The number of carbonyl (C=O) groups is 1. The summed E-state index contributed by atoms with van der Waals surface area (Å²) in [6.07, 6.45) is 3.28. The average Bonchev–Trinajstić information content (AvgIpc) is 2.74. The lowest BCUT2D eigenvalue weighted by molar-refractivity contribution is 0.102. The Balaban J connectivity index is 1.72. The molecule has 1 aliphatic rings. The molecule has 0 atom stereocenters. The molecule has 1 aromatic heterocycles. The van der Waals surface area contributed by atoms with Crippen molar-refractivity contribution in [2.24, 2.45) is 0 Å². The highest BCUT2D eigenvalue weighted by Gasteiger charge is 2.22. The van der Waals surface area contributed by atoms with Gasteiger partial charge in [0.05, 0.1) is 23.7 Å². The molecule has 5 nitrogen and oxygen atoms in total. The lowest BCUT2D eigenvalue weighted by Crippen LogP contribution is -2.18. The highest BCUT2D eigenvalue weighted by atomic mass is 16.3. The maximum absolute atomic E-state index is 12.6. The number of hydrogen-bond acceptors (Lipinski definition) is 4. The minimum absolute atomic E-state index is 0.0390. The van der Waals surface area contributed by atoms with Gasteiger partial charge >= 0.3 is 0 Å². The molecule has 0 unspecified atom stereocenters. The van der Waals surface area contributed by atoms with Crippen LogP contribution < -0.4 is 5.32 Å². The molecule has 0 aliphatic heterocycles. The number of aryl methyl sites for hydroxylation is 3. The van der Waals surface area contributed by atoms with Crippen molar-refractivity contribution >= 4 is 11.7 Å². The van der Waals surface area contributed by atoms with Crippen LogP contribution in [0.5, 0.6) is 0 Å². The van der Waals surface area contributed by atoms with Gasteiger partial charge in [-0.3, -0.25) is 4.79 Å². The molecule has 0 spiro atoms. The molecule has 0 saturated carbocycles. The van der Waals surface area contributed by atoms with Gasteiger partial charge in [0.1, 0.15) is 0 Å². The lowest BCUT2D eigenvalue weighted by atomic mass is 9.90. The summed E-state index contributed by atoms with van der Waals surface area (Å²) in [5, 5.41) is 12.4. The van der Waals surface area contributed by atoms with Crippen molar-refractivity contribution < 1.29 is 9.90 Å². The zero-order valence-electron chi connectivity index (χ0n) is 15.9. The Hall–Kier alpha value is -3.05. The predicted octanol–water partition coefficient (Wildman–Crippen LogP) is 3.94. The van der Waals surface area contributed by atoms with Crippen LogP contribution >= 0.6 is 0 Å². The maximum atomic E-state index is 12.6. The molecule has 1 amide bonds. The fraction of sp³-hybridized carbons (Fsp3) is 0.261. The number of aromatic nitrogens is 2. The first-order chi connectivity index (χ1) is 13.7. The van der Waals surface area contributed by atoms with Gasteiger partial charge in [0.25, 0.3) is 5.91 Å². The number of anilines is 1. The molecule has 5 heteroatoms. The number of benzene rings is 2. The van der Waals surface area contributed by atoms with E-state index in [1.807, 2.05) is 36.4 Å². The first-order valence-corrected chi connectivity index (χ1v) is 9.68. The Morgan fingerprint density at radius 3 is 2.68 bits per heavy atom. The summed E-state index contributed by atoms with van der Waals surface area (Å²) in [5.74, 6) is 0.390. The summed E-state index contributed by atoms with van der Waals surface area (Å²) >= 11 is 0. The molecule has 2 N–H and O–H groups in total. The maximum Gasteiger partial charge on any atom is 0.256 e. The molecule has 4 rings (SSSR count). The van der Waals surface area contributed by atoms with Crippen molar-refractivity contribution in [3.05, 3.63) is 76.6 Å². The third-order valence-electron chi connectivity index (χ3n) is 5.03. The minimum Gasteiger partial charge on any atom is -0.392 e. The summed E-state index contributed by atoms with van der Waals surface area (Å²) in [7, 11) is 0. The standard InChI is InChI=1S/C23H23N3O2/c1-2-6-20-22(26-23(28)16-7-4-3-5-8-16)25-19-12-10-17-13-15(14-27)9-11-18(17)21(19)24-20/h3-5,7-9,11,13,27H,2,6,10,12,14H2,1H3,(H,25,26,28). The second kappa shape index (κ2) is 7.90. The minimum atomic E-state index is -0.170. The fourth-order valence-electron chi connectivity index (χ4n) is 3.61. The number of aliphatic hydroxyl groups excluding tert-OH is 1. The number of amides is 1. The van der Waals surface area contributed by atoms with E-state index in [1.165, 1.54) is 5.56 Å². The highest BCUT2D eigenvalue weighted by molar-refractivity contribution is 6.04. The Bertz CT molecular complexity index is 1020. The molecule has 142 valence electrons. The van der Waals surface area contributed by atoms with Crippen LogP contribution in [-0.4, -0.2) is 21.0 Å². The van der Waals surface area contributed by atoms with E-state index in [9.17, 15) is 9.90 Å². The molecular formula is C23H23N3O2. The van der Waals surface area contributed by atoms with Crippen molar-refractivity contribution in [2.45, 2.75) is 39.2 Å². The third-order valence-corrected chi connectivity index (χ3v) is 5.03. The number of rotatable bonds is 5. The zero-order valence-corrected chi connectivity index (χ0v) is 15.9. The van der Waals surface area contributed by atoms with Crippen LogP contribution in [0.4, 0.5) is 5.82 Å². The second-order valence-electron chi connectivity index (χ2n) is 7.03. The number of aliphatic hydroxyl groups is 1. The highest BCUT2D eigenvalue weighted by Crippen LogP contribution is 2.33. The van der Waals surface area contributed by atoms with Gasteiger partial charge in [-0.25, -0.2) is 9.97 Å². The van der Waals surface area contributed by atoms with Crippen molar-refractivity contribution in [1.82, 2.24) is 9.97 Å². The predicted molar refractivity (Wildman–Crippen MR) is 109 cm³/mol. The SMILES string of the molecule is CCCc1nc2c(nc1NC(=O)c1ccccc1)CCc1cc(CO)ccc1-2. The van der Waals surface area contributed by atoms with Gasteiger partial charge in [0, 0.05) is 11.1 Å². The summed E-state index contributed by atoms with van der Waals surface area (Å²) in [6.45, 7) is 2.13. The van der Waals surface area contributed by atoms with E-state index in [2.05, 4.69) is 12.2 Å². The van der Waals surface area contributed by atoms with Crippen LogP contribution in [0, 0.1) is 0 Å². The molecule has 1 heterocycles. The van der Waals surface area contributed by atoms with E-state index in [-0.39, 0.29) is 12.5 Å². The quantitative estimate of drug-likeness (QED) is 0.710. The largest absolute Gasteiger partial charge is 0.392 e. The van der Waals surface area contributed by atoms with Gasteiger partial charge in [-0.15, -0.1) is 0 Å². The molecule has 1 aliphatic carbocycles. The lowest BCUT2D eigenvalue weighted by Gasteiger charge is -2.21. The third kappa shape index (κ3) is 3.53. The average molecular weight is 373 g/mol. The van der Waals surface area contributed by atoms with E-state index in [0.717, 1.165) is 53.9 Å². The van der Waals surface area contributed by atoms with Crippen LogP contribution in [0.2, 0.25) is 0 Å². The van der Waals surface area contributed by atoms with Gasteiger partial charge < -0.3 is 10.4 Å². The van der Waals surface area contributed by atoms with E-state index in [0.29, 0.717) is 11.4 Å². The smallest absolute Gasteiger partial charge is 0.256 e. The van der Waals surface area contributed by atoms with Crippen LogP contribution in [0.15, 0.2) is 48.5 Å². The summed E-state index contributed by atoms with van der Waals surface area (Å²) in [6, 6.07) is 15.1. The summed E-state index contributed by atoms with van der Waals surface area (Å²) in [5.41, 5.74) is 6.40. The number of carbonyl (C=O) groups excluding carboxylic acids is 1. The van der Waals surface area contributed by atoms with Crippen LogP contribution in [0.1, 0.15) is 46.2 Å². The first kappa shape index (κ1) is 18.3. The van der Waals surface area contributed by atoms with Crippen molar-refractivity contribution in [2.75, 3.05) is 5.32 Å². The van der Waals surface area contributed by atoms with Gasteiger partial charge in [-0.05, 0) is 42.5 Å². The first-order valence-electron chi connectivity index (χ1n) is 9.68. The molecule has 3 aromatic rings. The normalized spacial score (nSPS) is 12.2. The molecule has 0 saturated heterocycles. The van der Waals surface area contributed by atoms with Crippen LogP contribution in [-0.2, 0) is 25.9 Å². The summed E-state index contributed by atoms with van der Waals surface area (Å²) < 4.78 is 0. The fourth-order valence-corrected chi connectivity index (χ4v) is 3.61. The Labute approximate surface area is 164 Å². The van der Waals surface area contributed by atoms with Crippen LogP contribution in [0.3, 0.4) is 0 Å². The number of fused-ring (bicyclic) bond motifs is 3. The molecule has 28 heavy (non-hydrogen) atoms. The number of nitrogens with zero attached hydrogens (tertiary/aromatic N) is 2. The molecule has 0 radical (unpaired) electrons. The summed E-state index contributed by atoms with van der Waals surface area (Å²) in [4.78, 5) is 22.3. The van der Waals surface area contributed by atoms with E-state index < -0.39 is 0 Å². The van der Waals surface area contributed by atoms with Gasteiger partial charge in [0.2, 0.25) is 0 Å². The van der Waals surface area contributed by atoms with E-state index in [1.54, 1.807) is 12.1 Å². The molecule has 0 bridgehead atoms. The zero-order chi connectivity index (χ0) is 19.5. The van der Waals surface area contributed by atoms with Gasteiger partial charge in [-0.1, -0.05) is 49.7 Å². The monoisotopic (exact) mass is 373 g/mol. The Morgan fingerprint density at radius 2 is 1.93 bits per heavy atom. The molecule has 0 fully saturated rings. The second-order valence-corrected chi connectivity index (χ2v) is 7.03.